The van der Waals surface area contributed by atoms with E-state index in [0.29, 0.717) is 0 Å². The summed E-state index contributed by atoms with van der Waals surface area (Å²) in [6.07, 6.45) is 0. The zero-order valence-electron chi connectivity index (χ0n) is 21.6. The van der Waals surface area contributed by atoms with Gasteiger partial charge in [0.2, 0.25) is 0 Å². The molecule has 2 nitrogen and oxygen atoms in total. The van der Waals surface area contributed by atoms with Crippen LogP contribution in [0.2, 0.25) is 0 Å². The van der Waals surface area contributed by atoms with E-state index in [9.17, 15) is 0 Å². The van der Waals surface area contributed by atoms with E-state index in [-0.39, 0.29) is 18.9 Å². The maximum absolute atomic E-state index is 6.30. The number of benzene rings is 6. The maximum atomic E-state index is 6.30. The molecule has 0 atom stereocenters. The van der Waals surface area contributed by atoms with E-state index < -0.39 is 0 Å². The van der Waals surface area contributed by atoms with Gasteiger partial charge >= 0.3 is 18.9 Å². The maximum Gasteiger partial charge on any atom is 1.00 e. The van der Waals surface area contributed by atoms with E-state index in [0.717, 1.165) is 38.8 Å². The summed E-state index contributed by atoms with van der Waals surface area (Å²) >= 11 is 0. The largest absolute Gasteiger partial charge is 1.00 e. The Bertz CT molecular complexity index is 2120. The van der Waals surface area contributed by atoms with Crippen LogP contribution in [0.5, 0.6) is 0 Å². The van der Waals surface area contributed by atoms with Gasteiger partial charge in [0.15, 0.2) is 0 Å². The molecule has 0 unspecified atom stereocenters. The minimum atomic E-state index is 0. The summed E-state index contributed by atoms with van der Waals surface area (Å²) in [6.45, 7) is 0. The van der Waals surface area contributed by atoms with Crippen molar-refractivity contribution in [1.29, 1.82) is 0 Å². The quantitative estimate of drug-likeness (QED) is 0.196. The Balaban J connectivity index is 0.00000253. The number of para-hydroxylation sites is 3. The second-order valence-electron chi connectivity index (χ2n) is 9.70. The van der Waals surface area contributed by atoms with E-state index in [1.165, 1.54) is 32.9 Å². The molecular formula is C36H22LiNO. The Hall–Kier alpha value is -4.48. The third-order valence-corrected chi connectivity index (χ3v) is 7.55. The van der Waals surface area contributed by atoms with Crippen molar-refractivity contribution in [2.45, 2.75) is 0 Å². The number of fused-ring (bicyclic) bond motifs is 6. The molecule has 6 aromatic carbocycles. The van der Waals surface area contributed by atoms with Gasteiger partial charge in [0, 0.05) is 32.8 Å². The molecule has 0 aliphatic heterocycles. The molecule has 2 aromatic heterocycles. The predicted molar refractivity (Wildman–Crippen MR) is 158 cm³/mol. The normalized spacial score (nSPS) is 11.4. The van der Waals surface area contributed by atoms with Gasteiger partial charge in [-0.3, -0.25) is 0 Å². The topological polar surface area (TPSA) is 18.1 Å². The molecule has 0 N–H and O–H groups in total. The van der Waals surface area contributed by atoms with Crippen molar-refractivity contribution in [3.05, 3.63) is 140 Å². The van der Waals surface area contributed by atoms with Gasteiger partial charge in [-0.05, 0) is 35.9 Å². The second kappa shape index (κ2) is 9.36. The first-order chi connectivity index (χ1) is 18.8. The molecule has 0 amide bonds. The minimum absolute atomic E-state index is 0. The van der Waals surface area contributed by atoms with Gasteiger partial charge < -0.3 is 8.98 Å². The zero-order chi connectivity index (χ0) is 25.1. The molecule has 0 aliphatic rings. The van der Waals surface area contributed by atoms with Crippen LogP contribution in [0.25, 0.3) is 71.7 Å². The molecule has 3 heteroatoms. The van der Waals surface area contributed by atoms with Crippen LogP contribution in [0.3, 0.4) is 0 Å². The fraction of sp³-hybridized carbons (Fsp3) is 0. The van der Waals surface area contributed by atoms with E-state index >= 15 is 0 Å². The molecule has 8 aromatic rings. The SMILES string of the molecule is [Li+].[c-]1cccc(-c2ccc3c(c2)c2ccccc2n3-c2ccc(-c3cccc4c3oc3ccccc34)cc2)c1. The first-order valence-corrected chi connectivity index (χ1v) is 12.9. The third kappa shape index (κ3) is 3.73. The summed E-state index contributed by atoms with van der Waals surface area (Å²) in [4.78, 5) is 0. The van der Waals surface area contributed by atoms with Gasteiger partial charge in [0.05, 0.1) is 11.0 Å². The molecule has 178 valence electrons. The van der Waals surface area contributed by atoms with E-state index in [2.05, 4.69) is 114 Å². The van der Waals surface area contributed by atoms with Crippen molar-refractivity contribution in [2.24, 2.45) is 0 Å². The summed E-state index contributed by atoms with van der Waals surface area (Å²) < 4.78 is 8.65. The van der Waals surface area contributed by atoms with Crippen molar-refractivity contribution >= 4 is 43.7 Å². The van der Waals surface area contributed by atoms with Gasteiger partial charge in [-0.25, -0.2) is 0 Å². The minimum Gasteiger partial charge on any atom is -0.455 e. The molecule has 0 spiro atoms. The third-order valence-electron chi connectivity index (χ3n) is 7.55. The number of furan rings is 1. The van der Waals surface area contributed by atoms with E-state index in [4.69, 9.17) is 4.42 Å². The molecule has 0 fully saturated rings. The van der Waals surface area contributed by atoms with Crippen LogP contribution < -0.4 is 18.9 Å². The van der Waals surface area contributed by atoms with Gasteiger partial charge in [-0.15, -0.1) is 5.56 Å². The Morgan fingerprint density at radius 3 is 2.13 bits per heavy atom. The first-order valence-electron chi connectivity index (χ1n) is 12.9. The van der Waals surface area contributed by atoms with Crippen molar-refractivity contribution in [3.8, 4) is 27.9 Å². The number of rotatable bonds is 3. The summed E-state index contributed by atoms with van der Waals surface area (Å²) in [5.41, 5.74) is 10.0. The van der Waals surface area contributed by atoms with Gasteiger partial charge in [0.25, 0.3) is 0 Å². The van der Waals surface area contributed by atoms with Crippen LogP contribution in [-0.2, 0) is 0 Å². The average Bonchev–Trinajstić information content (AvgIpc) is 3.53. The number of hydrogen-bond donors (Lipinski definition) is 0. The first kappa shape index (κ1) is 23.6. The summed E-state index contributed by atoms with van der Waals surface area (Å²) in [6, 6.07) is 50.2. The van der Waals surface area contributed by atoms with Crippen LogP contribution in [0.15, 0.2) is 138 Å². The van der Waals surface area contributed by atoms with Gasteiger partial charge in [0.1, 0.15) is 11.2 Å². The molecule has 0 aliphatic carbocycles. The van der Waals surface area contributed by atoms with E-state index in [1.807, 2.05) is 30.3 Å². The van der Waals surface area contributed by atoms with Crippen molar-refractivity contribution < 1.29 is 23.3 Å². The van der Waals surface area contributed by atoms with Crippen molar-refractivity contribution in [2.75, 3.05) is 0 Å². The smallest absolute Gasteiger partial charge is 0.455 e. The monoisotopic (exact) mass is 491 g/mol. The molecule has 0 bridgehead atoms. The van der Waals surface area contributed by atoms with Gasteiger partial charge in [-0.1, -0.05) is 84.4 Å². The van der Waals surface area contributed by atoms with Crippen LogP contribution in [-0.4, -0.2) is 4.57 Å². The summed E-state index contributed by atoms with van der Waals surface area (Å²) in [5, 5.41) is 4.80. The molecule has 0 saturated heterocycles. The molecule has 0 radical (unpaired) electrons. The Labute approximate surface area is 238 Å². The second-order valence-corrected chi connectivity index (χ2v) is 9.70. The number of aromatic nitrogens is 1. The zero-order valence-corrected chi connectivity index (χ0v) is 21.6. The van der Waals surface area contributed by atoms with Crippen LogP contribution in [0.1, 0.15) is 0 Å². The Morgan fingerprint density at radius 2 is 1.28 bits per heavy atom. The molecular weight excluding hydrogens is 469 g/mol. The summed E-state index contributed by atoms with van der Waals surface area (Å²) in [7, 11) is 0. The fourth-order valence-electron chi connectivity index (χ4n) is 5.77. The molecule has 39 heavy (non-hydrogen) atoms. The molecule has 8 rings (SSSR count). The van der Waals surface area contributed by atoms with Crippen LogP contribution >= 0.6 is 0 Å². The molecule has 0 saturated carbocycles. The standard InChI is InChI=1S/C36H22NO.Li/c1-2-9-24(10-3-1)26-19-22-34-32(23-26)29-11-4-6-15-33(29)37(34)27-20-17-25(18-21-27)28-13-8-14-31-30-12-5-7-16-35(30)38-36(28)31;/h1-2,4-23H;/q-1;+1. The average molecular weight is 492 g/mol. The Morgan fingerprint density at radius 1 is 0.538 bits per heavy atom. The summed E-state index contributed by atoms with van der Waals surface area (Å²) in [5.74, 6) is 0. The molecule has 2 heterocycles. The number of hydrogen-bond acceptors (Lipinski definition) is 1. The Kier molecular flexibility index (Phi) is 5.67. The van der Waals surface area contributed by atoms with Crippen LogP contribution in [0.4, 0.5) is 0 Å². The van der Waals surface area contributed by atoms with Crippen LogP contribution in [0, 0.1) is 6.07 Å². The van der Waals surface area contributed by atoms with Crippen molar-refractivity contribution in [1.82, 2.24) is 4.57 Å². The van der Waals surface area contributed by atoms with Gasteiger partial charge in [-0.2, -0.15) is 30.3 Å². The van der Waals surface area contributed by atoms with Crippen molar-refractivity contribution in [3.63, 3.8) is 0 Å². The fourth-order valence-corrected chi connectivity index (χ4v) is 5.77. The predicted octanol–water partition coefficient (Wildman–Crippen LogP) is 6.82. The number of nitrogens with zero attached hydrogens (tertiary/aromatic N) is 1. The van der Waals surface area contributed by atoms with E-state index in [1.54, 1.807) is 0 Å².